The van der Waals surface area contributed by atoms with E-state index in [0.717, 1.165) is 46.8 Å². The molecule has 0 radical (unpaired) electrons. The maximum atomic E-state index is 5.72. The van der Waals surface area contributed by atoms with Crippen LogP contribution < -0.4 is 16.2 Å². The number of guanidine groups is 1. The van der Waals surface area contributed by atoms with Gasteiger partial charge in [0.15, 0.2) is 0 Å². The number of nitrogens with zero attached hydrogens (tertiary/aromatic N) is 2. The minimum absolute atomic E-state index is 0.0559. The molecule has 0 aliphatic heterocycles. The highest BCUT2D eigenvalue weighted by atomic mass is 16.5. The van der Waals surface area contributed by atoms with E-state index >= 15 is 0 Å². The third kappa shape index (κ3) is 2.92. The molecule has 0 spiro atoms. The first kappa shape index (κ1) is 15.1. The van der Waals surface area contributed by atoms with Crippen molar-refractivity contribution in [2.24, 2.45) is 21.7 Å². The molecule has 1 heterocycles. The van der Waals surface area contributed by atoms with Crippen LogP contribution in [0.15, 0.2) is 45.1 Å². The van der Waals surface area contributed by atoms with Crippen molar-refractivity contribution in [2.75, 3.05) is 7.11 Å². The quantitative estimate of drug-likeness (QED) is 0.516. The van der Waals surface area contributed by atoms with Crippen molar-refractivity contribution in [3.05, 3.63) is 53.0 Å². The van der Waals surface area contributed by atoms with E-state index in [-0.39, 0.29) is 11.9 Å². The van der Waals surface area contributed by atoms with Crippen LogP contribution in [0.5, 0.6) is 5.75 Å². The van der Waals surface area contributed by atoms with E-state index in [9.17, 15) is 0 Å². The zero-order valence-corrected chi connectivity index (χ0v) is 13.2. The minimum Gasteiger partial charge on any atom is -0.496 e. The molecule has 1 aromatic heterocycles. The molecule has 6 heteroatoms. The standard InChI is InChI=1S/C17H20N4O2/c1-10-9-23-15-8-11(12-5-3-4-6-14(12)22-2)7-13(16(10)15)20-21-17(18)19/h3-6,9,11H,7-8H2,1-2H3,(H4,18,19,21)/b20-13+. The summed E-state index contributed by atoms with van der Waals surface area (Å²) in [5.74, 6) is 1.93. The summed E-state index contributed by atoms with van der Waals surface area (Å²) in [6.45, 7) is 2.00. The highest BCUT2D eigenvalue weighted by Crippen LogP contribution is 2.38. The van der Waals surface area contributed by atoms with Gasteiger partial charge in [-0.05, 0) is 30.5 Å². The fourth-order valence-corrected chi connectivity index (χ4v) is 3.10. The van der Waals surface area contributed by atoms with Crippen LogP contribution in [-0.4, -0.2) is 18.8 Å². The molecular formula is C17H20N4O2. The highest BCUT2D eigenvalue weighted by Gasteiger charge is 2.30. The molecule has 4 N–H and O–H groups in total. The summed E-state index contributed by atoms with van der Waals surface area (Å²) in [6.07, 6.45) is 3.27. The molecule has 0 saturated heterocycles. The Morgan fingerprint density at radius 3 is 2.78 bits per heavy atom. The summed E-state index contributed by atoms with van der Waals surface area (Å²) in [7, 11) is 1.68. The summed E-state index contributed by atoms with van der Waals surface area (Å²) in [6, 6.07) is 8.00. The summed E-state index contributed by atoms with van der Waals surface area (Å²) in [5, 5.41) is 8.07. The predicted molar refractivity (Wildman–Crippen MR) is 89.8 cm³/mol. The number of fused-ring (bicyclic) bond motifs is 1. The van der Waals surface area contributed by atoms with Gasteiger partial charge in [0.2, 0.25) is 5.96 Å². The van der Waals surface area contributed by atoms with Crippen LogP contribution in [0.25, 0.3) is 0 Å². The lowest BCUT2D eigenvalue weighted by Crippen LogP contribution is -2.23. The van der Waals surface area contributed by atoms with Gasteiger partial charge in [0.1, 0.15) is 11.5 Å². The van der Waals surface area contributed by atoms with E-state index in [2.05, 4.69) is 16.3 Å². The maximum absolute atomic E-state index is 5.72. The van der Waals surface area contributed by atoms with Crippen molar-refractivity contribution in [3.63, 3.8) is 0 Å². The fourth-order valence-electron chi connectivity index (χ4n) is 3.10. The number of methoxy groups -OCH3 is 1. The molecule has 1 aromatic carbocycles. The number of benzene rings is 1. The molecule has 23 heavy (non-hydrogen) atoms. The van der Waals surface area contributed by atoms with Gasteiger partial charge in [0, 0.05) is 17.9 Å². The molecule has 6 nitrogen and oxygen atoms in total. The second kappa shape index (κ2) is 6.16. The Balaban J connectivity index is 2.04. The van der Waals surface area contributed by atoms with Gasteiger partial charge >= 0.3 is 0 Å². The number of para-hydroxylation sites is 1. The Morgan fingerprint density at radius 1 is 1.26 bits per heavy atom. The lowest BCUT2D eigenvalue weighted by molar-refractivity contribution is 0.402. The van der Waals surface area contributed by atoms with Gasteiger partial charge in [-0.2, -0.15) is 5.10 Å². The van der Waals surface area contributed by atoms with Gasteiger partial charge in [-0.25, -0.2) is 0 Å². The molecule has 0 amide bonds. The van der Waals surface area contributed by atoms with E-state index in [0.29, 0.717) is 0 Å². The normalized spacial score (nSPS) is 18.5. The smallest absolute Gasteiger partial charge is 0.211 e. The average molecular weight is 312 g/mol. The van der Waals surface area contributed by atoms with Crippen molar-refractivity contribution in [2.45, 2.75) is 25.7 Å². The largest absolute Gasteiger partial charge is 0.496 e. The third-order valence-electron chi connectivity index (χ3n) is 4.08. The average Bonchev–Trinajstić information content (AvgIpc) is 2.94. The Labute approximate surface area is 134 Å². The van der Waals surface area contributed by atoms with Crippen molar-refractivity contribution >= 4 is 11.7 Å². The van der Waals surface area contributed by atoms with E-state index in [1.807, 2.05) is 25.1 Å². The van der Waals surface area contributed by atoms with Gasteiger partial charge in [0.25, 0.3) is 0 Å². The van der Waals surface area contributed by atoms with E-state index in [1.165, 1.54) is 0 Å². The summed E-state index contributed by atoms with van der Waals surface area (Å²) in [5.41, 5.74) is 14.8. The molecular weight excluding hydrogens is 292 g/mol. The van der Waals surface area contributed by atoms with Crippen LogP contribution in [0.4, 0.5) is 0 Å². The monoisotopic (exact) mass is 312 g/mol. The summed E-state index contributed by atoms with van der Waals surface area (Å²) < 4.78 is 11.2. The Kier molecular flexibility index (Phi) is 4.06. The van der Waals surface area contributed by atoms with Crippen LogP contribution in [0.1, 0.15) is 34.8 Å². The zero-order valence-electron chi connectivity index (χ0n) is 13.2. The highest BCUT2D eigenvalue weighted by molar-refractivity contribution is 6.04. The molecule has 1 unspecified atom stereocenters. The Bertz CT molecular complexity index is 773. The number of furan rings is 1. The van der Waals surface area contributed by atoms with Gasteiger partial charge in [-0.3, -0.25) is 0 Å². The third-order valence-corrected chi connectivity index (χ3v) is 4.08. The first-order chi connectivity index (χ1) is 11.1. The molecule has 1 aliphatic carbocycles. The van der Waals surface area contributed by atoms with E-state index < -0.39 is 0 Å². The Morgan fingerprint density at radius 2 is 2.04 bits per heavy atom. The second-order valence-corrected chi connectivity index (χ2v) is 5.64. The minimum atomic E-state index is -0.0559. The molecule has 0 saturated carbocycles. The molecule has 2 aromatic rings. The maximum Gasteiger partial charge on any atom is 0.211 e. The number of hydrogen-bond acceptors (Lipinski definition) is 4. The second-order valence-electron chi connectivity index (χ2n) is 5.64. The molecule has 1 atom stereocenters. The first-order valence-electron chi connectivity index (χ1n) is 7.46. The molecule has 1 aliphatic rings. The fraction of sp³-hybridized carbons (Fsp3) is 0.294. The number of nitrogens with two attached hydrogens (primary N) is 2. The van der Waals surface area contributed by atoms with Crippen molar-refractivity contribution in [1.29, 1.82) is 0 Å². The molecule has 120 valence electrons. The van der Waals surface area contributed by atoms with Gasteiger partial charge in [-0.15, -0.1) is 5.10 Å². The first-order valence-corrected chi connectivity index (χ1v) is 7.46. The van der Waals surface area contributed by atoms with Crippen LogP contribution in [0.3, 0.4) is 0 Å². The predicted octanol–water partition coefficient (Wildman–Crippen LogP) is 2.30. The number of ether oxygens (including phenoxy) is 1. The van der Waals surface area contributed by atoms with Crippen LogP contribution >= 0.6 is 0 Å². The van der Waals surface area contributed by atoms with Crippen molar-refractivity contribution in [1.82, 2.24) is 0 Å². The van der Waals surface area contributed by atoms with Crippen LogP contribution in [0, 0.1) is 6.92 Å². The lowest BCUT2D eigenvalue weighted by Gasteiger charge is -2.24. The van der Waals surface area contributed by atoms with Crippen molar-refractivity contribution in [3.8, 4) is 5.75 Å². The number of aryl methyl sites for hydroxylation is 1. The summed E-state index contributed by atoms with van der Waals surface area (Å²) >= 11 is 0. The summed E-state index contributed by atoms with van der Waals surface area (Å²) in [4.78, 5) is 0. The molecule has 3 rings (SSSR count). The molecule has 0 fully saturated rings. The van der Waals surface area contributed by atoms with E-state index in [4.69, 9.17) is 20.6 Å². The topological polar surface area (TPSA) is 99.1 Å². The molecule has 0 bridgehead atoms. The van der Waals surface area contributed by atoms with Gasteiger partial charge in [0.05, 0.1) is 19.1 Å². The number of rotatable bonds is 3. The number of hydrogen-bond donors (Lipinski definition) is 2. The van der Waals surface area contributed by atoms with Gasteiger partial charge in [-0.1, -0.05) is 18.2 Å². The van der Waals surface area contributed by atoms with Crippen LogP contribution in [-0.2, 0) is 6.42 Å². The zero-order chi connectivity index (χ0) is 16.4. The van der Waals surface area contributed by atoms with E-state index in [1.54, 1.807) is 13.4 Å². The van der Waals surface area contributed by atoms with Gasteiger partial charge < -0.3 is 20.6 Å². The van der Waals surface area contributed by atoms with Crippen LogP contribution in [0.2, 0.25) is 0 Å². The SMILES string of the molecule is COc1ccccc1C1C/C(=N\N=C(N)N)c2c(C)coc2C1. The van der Waals surface area contributed by atoms with Crippen molar-refractivity contribution < 1.29 is 9.15 Å². The lowest BCUT2D eigenvalue weighted by atomic mass is 9.81. The Hall–Kier alpha value is -2.76.